The van der Waals surface area contributed by atoms with Crippen LogP contribution in [0.4, 0.5) is 0 Å². The molecule has 5 nitrogen and oxygen atoms in total. The Kier molecular flexibility index (Phi) is 5.57. The molecule has 0 aromatic carbocycles. The number of nitrogens with one attached hydrogen (secondary N) is 1. The number of carbonyl (C=O) groups excluding carboxylic acids is 1. The fourth-order valence-corrected chi connectivity index (χ4v) is 2.75. The Bertz CT molecular complexity index is 349. The first-order valence-electron chi connectivity index (χ1n) is 7.52. The summed E-state index contributed by atoms with van der Waals surface area (Å²) in [5.74, 6) is 0.135. The van der Waals surface area contributed by atoms with Crippen LogP contribution in [0.3, 0.4) is 0 Å². The molecule has 2 rings (SSSR count). The molecule has 2 N–H and O–H groups in total. The number of β-amino-alcohol motifs (C(OH)–C–C–N with tert-alkyl or cyclic N) is 1. The highest BCUT2D eigenvalue weighted by Gasteiger charge is 2.27. The maximum Gasteiger partial charge on any atom is 0.223 e. The Morgan fingerprint density at radius 3 is 2.85 bits per heavy atom. The fraction of sp³-hybridized carbons (Fsp3) is 0.800. The van der Waals surface area contributed by atoms with Crippen LogP contribution in [0.25, 0.3) is 0 Å². The number of aliphatic hydroxyl groups is 1. The lowest BCUT2D eigenvalue weighted by atomic mass is 9.93. The Morgan fingerprint density at radius 2 is 2.20 bits per heavy atom. The minimum atomic E-state index is -0.891. The van der Waals surface area contributed by atoms with E-state index in [0.717, 1.165) is 45.6 Å². The molecule has 0 spiro atoms. The molecule has 5 heteroatoms. The number of carbonyl (C=O) groups is 1. The largest absolute Gasteiger partial charge is 0.387 e. The van der Waals surface area contributed by atoms with Crippen molar-refractivity contribution in [3.63, 3.8) is 0 Å². The van der Waals surface area contributed by atoms with Gasteiger partial charge in [0.25, 0.3) is 0 Å². The van der Waals surface area contributed by atoms with E-state index in [0.29, 0.717) is 13.1 Å². The zero-order valence-electron chi connectivity index (χ0n) is 12.3. The first-order chi connectivity index (χ1) is 9.57. The van der Waals surface area contributed by atoms with E-state index in [2.05, 4.69) is 22.4 Å². The van der Waals surface area contributed by atoms with Gasteiger partial charge in [0.15, 0.2) is 0 Å². The molecule has 1 amide bonds. The van der Waals surface area contributed by atoms with Gasteiger partial charge in [0.2, 0.25) is 5.91 Å². The SMILES string of the molecule is CC(O)(CNC(=O)C1CC=CCC1)CN1CCOCC1. The van der Waals surface area contributed by atoms with Gasteiger partial charge in [0.05, 0.1) is 18.8 Å². The van der Waals surface area contributed by atoms with Crippen molar-refractivity contribution in [2.75, 3.05) is 39.4 Å². The van der Waals surface area contributed by atoms with Crippen LogP contribution >= 0.6 is 0 Å². The normalized spacial score (nSPS) is 27.0. The molecule has 0 saturated carbocycles. The van der Waals surface area contributed by atoms with Crippen molar-refractivity contribution in [2.45, 2.75) is 31.8 Å². The van der Waals surface area contributed by atoms with Gasteiger partial charge in [-0.15, -0.1) is 0 Å². The van der Waals surface area contributed by atoms with Crippen molar-refractivity contribution in [2.24, 2.45) is 5.92 Å². The molecule has 1 saturated heterocycles. The van der Waals surface area contributed by atoms with E-state index in [1.807, 2.05) is 0 Å². The minimum Gasteiger partial charge on any atom is -0.387 e. The van der Waals surface area contributed by atoms with Gasteiger partial charge in [-0.2, -0.15) is 0 Å². The molecule has 2 aliphatic rings. The van der Waals surface area contributed by atoms with E-state index in [1.54, 1.807) is 6.92 Å². The van der Waals surface area contributed by atoms with Gasteiger partial charge in [-0.05, 0) is 26.2 Å². The third kappa shape index (κ3) is 4.89. The molecule has 1 fully saturated rings. The summed E-state index contributed by atoms with van der Waals surface area (Å²) in [6.07, 6.45) is 6.89. The number of nitrogens with zero attached hydrogens (tertiary/aromatic N) is 1. The van der Waals surface area contributed by atoms with Crippen LogP contribution in [-0.4, -0.2) is 60.9 Å². The lowest BCUT2D eigenvalue weighted by Gasteiger charge is -2.34. The molecule has 0 radical (unpaired) electrons. The van der Waals surface area contributed by atoms with Crippen LogP contribution in [-0.2, 0) is 9.53 Å². The summed E-state index contributed by atoms with van der Waals surface area (Å²) in [4.78, 5) is 14.2. The van der Waals surface area contributed by atoms with Crippen molar-refractivity contribution in [3.8, 4) is 0 Å². The van der Waals surface area contributed by atoms with Crippen LogP contribution in [0.5, 0.6) is 0 Å². The quantitative estimate of drug-likeness (QED) is 0.723. The lowest BCUT2D eigenvalue weighted by molar-refractivity contribution is -0.126. The van der Waals surface area contributed by atoms with E-state index in [1.165, 1.54) is 0 Å². The van der Waals surface area contributed by atoms with Gasteiger partial charge in [0.1, 0.15) is 0 Å². The van der Waals surface area contributed by atoms with E-state index >= 15 is 0 Å². The first-order valence-corrected chi connectivity index (χ1v) is 7.52. The van der Waals surface area contributed by atoms with Crippen molar-refractivity contribution in [1.29, 1.82) is 0 Å². The molecule has 2 atom stereocenters. The molecule has 2 unspecified atom stereocenters. The number of amides is 1. The van der Waals surface area contributed by atoms with Gasteiger partial charge >= 0.3 is 0 Å². The third-order valence-electron chi connectivity index (χ3n) is 3.95. The summed E-state index contributed by atoms with van der Waals surface area (Å²) >= 11 is 0. The molecule has 0 aromatic rings. The van der Waals surface area contributed by atoms with Crippen molar-refractivity contribution in [3.05, 3.63) is 12.2 Å². The molecule has 0 bridgehead atoms. The zero-order valence-corrected chi connectivity index (χ0v) is 12.3. The summed E-state index contributed by atoms with van der Waals surface area (Å²) in [6, 6.07) is 0. The van der Waals surface area contributed by atoms with Crippen molar-refractivity contribution < 1.29 is 14.6 Å². The summed E-state index contributed by atoms with van der Waals surface area (Å²) in [6.45, 7) is 5.79. The zero-order chi connectivity index (χ0) is 14.4. The van der Waals surface area contributed by atoms with Crippen molar-refractivity contribution >= 4 is 5.91 Å². The maximum absolute atomic E-state index is 12.0. The van der Waals surface area contributed by atoms with E-state index in [9.17, 15) is 9.90 Å². The molecule has 1 aliphatic heterocycles. The van der Waals surface area contributed by atoms with Crippen LogP contribution in [0, 0.1) is 5.92 Å². The van der Waals surface area contributed by atoms with Gasteiger partial charge in [-0.1, -0.05) is 12.2 Å². The summed E-state index contributed by atoms with van der Waals surface area (Å²) in [5.41, 5.74) is -0.891. The number of hydrogen-bond donors (Lipinski definition) is 2. The maximum atomic E-state index is 12.0. The molecule has 1 aliphatic carbocycles. The Hall–Kier alpha value is -0.910. The number of allylic oxidation sites excluding steroid dienone is 2. The third-order valence-corrected chi connectivity index (χ3v) is 3.95. The summed E-state index contributed by atoms with van der Waals surface area (Å²) in [7, 11) is 0. The number of morpholine rings is 1. The predicted molar refractivity (Wildman–Crippen MR) is 77.4 cm³/mol. The topological polar surface area (TPSA) is 61.8 Å². The summed E-state index contributed by atoms with van der Waals surface area (Å²) < 4.78 is 5.29. The van der Waals surface area contributed by atoms with Crippen molar-refractivity contribution in [1.82, 2.24) is 10.2 Å². The number of rotatable bonds is 5. The molecule has 0 aromatic heterocycles. The van der Waals surface area contributed by atoms with Crippen LogP contribution in [0.2, 0.25) is 0 Å². The van der Waals surface area contributed by atoms with Gasteiger partial charge in [-0.25, -0.2) is 0 Å². The highest BCUT2D eigenvalue weighted by molar-refractivity contribution is 5.79. The number of ether oxygens (including phenoxy) is 1. The fourth-order valence-electron chi connectivity index (χ4n) is 2.75. The Balaban J connectivity index is 1.73. The second-order valence-electron chi connectivity index (χ2n) is 6.08. The Morgan fingerprint density at radius 1 is 1.45 bits per heavy atom. The molecule has 20 heavy (non-hydrogen) atoms. The highest BCUT2D eigenvalue weighted by atomic mass is 16.5. The summed E-state index contributed by atoms with van der Waals surface area (Å²) in [5, 5.41) is 13.3. The highest BCUT2D eigenvalue weighted by Crippen LogP contribution is 2.18. The minimum absolute atomic E-state index is 0.0663. The van der Waals surface area contributed by atoms with Crippen LogP contribution < -0.4 is 5.32 Å². The van der Waals surface area contributed by atoms with Gasteiger partial charge < -0.3 is 15.2 Å². The van der Waals surface area contributed by atoms with E-state index < -0.39 is 5.60 Å². The molecular weight excluding hydrogens is 256 g/mol. The lowest BCUT2D eigenvalue weighted by Crippen LogP contribution is -2.52. The monoisotopic (exact) mass is 282 g/mol. The first kappa shape index (κ1) is 15.5. The van der Waals surface area contributed by atoms with Crippen LogP contribution in [0.1, 0.15) is 26.2 Å². The smallest absolute Gasteiger partial charge is 0.223 e. The van der Waals surface area contributed by atoms with Gasteiger partial charge in [-0.3, -0.25) is 9.69 Å². The van der Waals surface area contributed by atoms with E-state index in [-0.39, 0.29) is 11.8 Å². The predicted octanol–water partition coefficient (Wildman–Crippen LogP) is 0.542. The Labute approximate surface area is 121 Å². The average Bonchev–Trinajstić information content (AvgIpc) is 2.46. The number of hydrogen-bond acceptors (Lipinski definition) is 4. The molecule has 1 heterocycles. The molecule has 114 valence electrons. The molecular formula is C15H26N2O3. The second kappa shape index (κ2) is 7.20. The standard InChI is InChI=1S/C15H26N2O3/c1-15(19,12-17-7-9-20-10-8-17)11-16-14(18)13-5-3-2-4-6-13/h2-3,13,19H,4-12H2,1H3,(H,16,18). The average molecular weight is 282 g/mol. The van der Waals surface area contributed by atoms with E-state index in [4.69, 9.17) is 4.74 Å². The van der Waals surface area contributed by atoms with Gasteiger partial charge in [0, 0.05) is 32.1 Å². The second-order valence-corrected chi connectivity index (χ2v) is 6.08. The van der Waals surface area contributed by atoms with Crippen LogP contribution in [0.15, 0.2) is 12.2 Å².